The van der Waals surface area contributed by atoms with Crippen LogP contribution in [0.15, 0.2) is 35.2 Å². The highest BCUT2D eigenvalue weighted by atomic mass is 32.2. The summed E-state index contributed by atoms with van der Waals surface area (Å²) >= 11 is 0. The molecule has 1 aromatic carbocycles. The molecule has 0 saturated heterocycles. The molecule has 1 rings (SSSR count). The second-order valence-electron chi connectivity index (χ2n) is 4.67. The molecule has 0 amide bonds. The SMILES string of the molecule is CCCCC(C)CCS(=O)(=O)c1ccccc1. The van der Waals surface area contributed by atoms with Crippen molar-refractivity contribution in [3.8, 4) is 0 Å². The standard InChI is InChI=1S/C14H22O2S/c1-3-4-8-13(2)11-12-17(15,16)14-9-6-5-7-10-14/h5-7,9-10,13H,3-4,8,11-12H2,1-2H3. The van der Waals surface area contributed by atoms with Gasteiger partial charge in [-0.2, -0.15) is 0 Å². The smallest absolute Gasteiger partial charge is 0.178 e. The molecule has 1 aromatic rings. The van der Waals surface area contributed by atoms with Gasteiger partial charge in [0.2, 0.25) is 0 Å². The molecule has 0 aromatic heterocycles. The van der Waals surface area contributed by atoms with Crippen LogP contribution in [0.25, 0.3) is 0 Å². The van der Waals surface area contributed by atoms with E-state index in [1.54, 1.807) is 24.3 Å². The van der Waals surface area contributed by atoms with Gasteiger partial charge in [-0.3, -0.25) is 0 Å². The summed E-state index contributed by atoms with van der Waals surface area (Å²) in [6.45, 7) is 4.30. The lowest BCUT2D eigenvalue weighted by Crippen LogP contribution is -2.10. The molecule has 0 heterocycles. The minimum Gasteiger partial charge on any atom is -0.224 e. The molecule has 0 radical (unpaired) electrons. The molecule has 0 fully saturated rings. The Morgan fingerprint density at radius 1 is 1.12 bits per heavy atom. The Hall–Kier alpha value is -0.830. The first-order valence-corrected chi connectivity index (χ1v) is 7.99. The van der Waals surface area contributed by atoms with Crippen LogP contribution in [0, 0.1) is 5.92 Å². The molecular formula is C14H22O2S. The zero-order chi connectivity index (χ0) is 12.7. The summed E-state index contributed by atoms with van der Waals surface area (Å²) in [5.74, 6) is 0.760. The van der Waals surface area contributed by atoms with Crippen molar-refractivity contribution in [2.45, 2.75) is 44.4 Å². The van der Waals surface area contributed by atoms with Crippen molar-refractivity contribution in [3.05, 3.63) is 30.3 Å². The molecule has 3 heteroatoms. The van der Waals surface area contributed by atoms with Crippen molar-refractivity contribution in [2.24, 2.45) is 5.92 Å². The minimum atomic E-state index is -3.08. The molecule has 0 aliphatic heterocycles. The maximum Gasteiger partial charge on any atom is 0.178 e. The lowest BCUT2D eigenvalue weighted by molar-refractivity contribution is 0.488. The molecule has 17 heavy (non-hydrogen) atoms. The predicted octanol–water partition coefficient (Wildman–Crippen LogP) is 3.68. The zero-order valence-corrected chi connectivity index (χ0v) is 11.5. The number of hydrogen-bond acceptors (Lipinski definition) is 2. The average Bonchev–Trinajstić information content (AvgIpc) is 2.35. The van der Waals surface area contributed by atoms with Gasteiger partial charge in [0.1, 0.15) is 0 Å². The van der Waals surface area contributed by atoms with E-state index >= 15 is 0 Å². The fourth-order valence-electron chi connectivity index (χ4n) is 1.80. The largest absolute Gasteiger partial charge is 0.224 e. The van der Waals surface area contributed by atoms with Crippen LogP contribution in [0.3, 0.4) is 0 Å². The van der Waals surface area contributed by atoms with Crippen LogP contribution in [0.1, 0.15) is 39.5 Å². The summed E-state index contributed by atoms with van der Waals surface area (Å²) in [5.41, 5.74) is 0. The number of hydrogen-bond donors (Lipinski definition) is 0. The van der Waals surface area contributed by atoms with Crippen LogP contribution >= 0.6 is 0 Å². The Morgan fingerprint density at radius 2 is 1.76 bits per heavy atom. The van der Waals surface area contributed by atoms with Gasteiger partial charge in [-0.05, 0) is 24.5 Å². The third kappa shape index (κ3) is 4.90. The monoisotopic (exact) mass is 254 g/mol. The summed E-state index contributed by atoms with van der Waals surface area (Å²) in [6.07, 6.45) is 4.25. The van der Waals surface area contributed by atoms with Crippen LogP contribution < -0.4 is 0 Å². The van der Waals surface area contributed by atoms with Gasteiger partial charge in [-0.15, -0.1) is 0 Å². The molecule has 2 nitrogen and oxygen atoms in total. The van der Waals surface area contributed by atoms with E-state index in [1.165, 1.54) is 12.8 Å². The second-order valence-corrected chi connectivity index (χ2v) is 6.78. The molecule has 0 saturated carbocycles. The fraction of sp³-hybridized carbons (Fsp3) is 0.571. The van der Waals surface area contributed by atoms with Gasteiger partial charge in [-0.25, -0.2) is 8.42 Å². The molecule has 0 aliphatic rings. The lowest BCUT2D eigenvalue weighted by atomic mass is 10.0. The Balaban J connectivity index is 2.51. The van der Waals surface area contributed by atoms with Crippen LogP contribution in [0.2, 0.25) is 0 Å². The highest BCUT2D eigenvalue weighted by Crippen LogP contribution is 2.17. The van der Waals surface area contributed by atoms with Crippen LogP contribution in [-0.4, -0.2) is 14.2 Å². The summed E-state index contributed by atoms with van der Waals surface area (Å²) in [7, 11) is -3.08. The summed E-state index contributed by atoms with van der Waals surface area (Å²) in [4.78, 5) is 0.447. The van der Waals surface area contributed by atoms with Crippen LogP contribution in [-0.2, 0) is 9.84 Å². The van der Waals surface area contributed by atoms with E-state index in [2.05, 4.69) is 13.8 Å². The van der Waals surface area contributed by atoms with Gasteiger partial charge in [0.05, 0.1) is 10.6 Å². The number of unbranched alkanes of at least 4 members (excludes halogenated alkanes) is 1. The van der Waals surface area contributed by atoms with Crippen molar-refractivity contribution in [2.75, 3.05) is 5.75 Å². The molecular weight excluding hydrogens is 232 g/mol. The van der Waals surface area contributed by atoms with Crippen molar-refractivity contribution >= 4 is 9.84 Å². The maximum absolute atomic E-state index is 12.0. The van der Waals surface area contributed by atoms with Gasteiger partial charge in [0, 0.05) is 0 Å². The van der Waals surface area contributed by atoms with E-state index in [4.69, 9.17) is 0 Å². The average molecular weight is 254 g/mol. The van der Waals surface area contributed by atoms with Crippen molar-refractivity contribution in [1.82, 2.24) is 0 Å². The Kier molecular flexibility index (Phi) is 5.69. The number of rotatable bonds is 7. The number of benzene rings is 1. The van der Waals surface area contributed by atoms with E-state index in [0.29, 0.717) is 10.8 Å². The maximum atomic E-state index is 12.0. The van der Waals surface area contributed by atoms with Crippen molar-refractivity contribution < 1.29 is 8.42 Å². The van der Waals surface area contributed by atoms with Crippen LogP contribution in [0.4, 0.5) is 0 Å². The highest BCUT2D eigenvalue weighted by Gasteiger charge is 2.15. The first-order valence-electron chi connectivity index (χ1n) is 6.34. The van der Waals surface area contributed by atoms with Gasteiger partial charge < -0.3 is 0 Å². The van der Waals surface area contributed by atoms with E-state index in [-0.39, 0.29) is 5.75 Å². The van der Waals surface area contributed by atoms with E-state index in [9.17, 15) is 8.42 Å². The van der Waals surface area contributed by atoms with Crippen molar-refractivity contribution in [1.29, 1.82) is 0 Å². The Morgan fingerprint density at radius 3 is 2.35 bits per heavy atom. The minimum absolute atomic E-state index is 0.266. The lowest BCUT2D eigenvalue weighted by Gasteiger charge is -2.10. The Bertz CT molecular complexity index is 409. The fourth-order valence-corrected chi connectivity index (χ4v) is 3.32. The van der Waals surface area contributed by atoms with Gasteiger partial charge in [0.15, 0.2) is 9.84 Å². The first-order chi connectivity index (χ1) is 8.06. The summed E-state index contributed by atoms with van der Waals surface area (Å²) in [6, 6.07) is 8.72. The van der Waals surface area contributed by atoms with Gasteiger partial charge in [0.25, 0.3) is 0 Å². The third-order valence-corrected chi connectivity index (χ3v) is 4.80. The van der Waals surface area contributed by atoms with E-state index in [0.717, 1.165) is 12.8 Å². The summed E-state index contributed by atoms with van der Waals surface area (Å²) in [5, 5.41) is 0. The van der Waals surface area contributed by atoms with Crippen molar-refractivity contribution in [3.63, 3.8) is 0 Å². The molecule has 96 valence electrons. The van der Waals surface area contributed by atoms with Gasteiger partial charge in [-0.1, -0.05) is 51.3 Å². The molecule has 1 atom stereocenters. The first kappa shape index (κ1) is 14.2. The molecule has 0 spiro atoms. The number of sulfone groups is 1. The Labute approximate surface area is 105 Å². The molecule has 0 N–H and O–H groups in total. The van der Waals surface area contributed by atoms with E-state index < -0.39 is 9.84 Å². The molecule has 0 aliphatic carbocycles. The van der Waals surface area contributed by atoms with E-state index in [1.807, 2.05) is 6.07 Å². The third-order valence-electron chi connectivity index (χ3n) is 3.03. The predicted molar refractivity (Wildman–Crippen MR) is 71.8 cm³/mol. The second kappa shape index (κ2) is 6.80. The molecule has 1 unspecified atom stereocenters. The highest BCUT2D eigenvalue weighted by molar-refractivity contribution is 7.91. The molecule has 0 bridgehead atoms. The quantitative estimate of drug-likeness (QED) is 0.744. The topological polar surface area (TPSA) is 34.1 Å². The summed E-state index contributed by atoms with van der Waals surface area (Å²) < 4.78 is 24.0. The zero-order valence-electron chi connectivity index (χ0n) is 10.7. The van der Waals surface area contributed by atoms with Crippen LogP contribution in [0.5, 0.6) is 0 Å². The van der Waals surface area contributed by atoms with Gasteiger partial charge >= 0.3 is 0 Å². The normalized spacial score (nSPS) is 13.5.